The lowest BCUT2D eigenvalue weighted by Crippen LogP contribution is -2.36. The van der Waals surface area contributed by atoms with Crippen LogP contribution in [-0.2, 0) is 0 Å². The van der Waals surface area contributed by atoms with Crippen molar-refractivity contribution in [2.75, 3.05) is 23.3 Å². The first-order chi connectivity index (χ1) is 9.36. The minimum absolute atomic E-state index is 0.739. The van der Waals surface area contributed by atoms with E-state index < -0.39 is 0 Å². The lowest BCUT2D eigenvalue weighted by Gasteiger charge is -2.33. The van der Waals surface area contributed by atoms with Crippen molar-refractivity contribution in [3.05, 3.63) is 24.5 Å². The second-order valence-corrected chi connectivity index (χ2v) is 5.79. The average molecular weight is 321 g/mol. The summed E-state index contributed by atoms with van der Waals surface area (Å²) in [6.07, 6.45) is 7.22. The van der Waals surface area contributed by atoms with Crippen molar-refractivity contribution in [1.82, 2.24) is 15.0 Å². The number of piperidine rings is 1. The maximum absolute atomic E-state index is 4.63. The van der Waals surface area contributed by atoms with Gasteiger partial charge in [-0.2, -0.15) is 0 Å². The molecule has 4 nitrogen and oxygen atoms in total. The summed E-state index contributed by atoms with van der Waals surface area (Å²) in [7, 11) is 0. The van der Waals surface area contributed by atoms with Crippen molar-refractivity contribution in [2.24, 2.45) is 5.92 Å². The van der Waals surface area contributed by atoms with Gasteiger partial charge in [0, 0.05) is 30.8 Å². The van der Waals surface area contributed by atoms with Crippen LogP contribution in [0.4, 0.5) is 5.82 Å². The highest BCUT2D eigenvalue weighted by molar-refractivity contribution is 9.09. The van der Waals surface area contributed by atoms with Crippen LogP contribution in [0.2, 0.25) is 0 Å². The highest BCUT2D eigenvalue weighted by Crippen LogP contribution is 2.25. The molecule has 5 heteroatoms. The zero-order chi connectivity index (χ0) is 13.1. The van der Waals surface area contributed by atoms with Crippen LogP contribution in [-0.4, -0.2) is 33.4 Å². The maximum Gasteiger partial charge on any atom is 0.180 e. The largest absolute Gasteiger partial charge is 0.356 e. The normalized spacial score (nSPS) is 19.8. The van der Waals surface area contributed by atoms with Crippen LogP contribution in [0.1, 0.15) is 19.3 Å². The molecule has 1 atom stereocenters. The summed E-state index contributed by atoms with van der Waals surface area (Å²) in [6, 6.07) is 4.08. The van der Waals surface area contributed by atoms with E-state index in [0.29, 0.717) is 0 Å². The van der Waals surface area contributed by atoms with Crippen LogP contribution in [0.15, 0.2) is 24.5 Å². The van der Waals surface area contributed by atoms with E-state index in [2.05, 4.69) is 41.8 Å². The van der Waals surface area contributed by atoms with Gasteiger partial charge in [-0.05, 0) is 37.3 Å². The van der Waals surface area contributed by atoms with Crippen molar-refractivity contribution in [3.63, 3.8) is 0 Å². The van der Waals surface area contributed by atoms with Crippen molar-refractivity contribution in [1.29, 1.82) is 0 Å². The molecule has 0 bridgehead atoms. The molecular weight excluding hydrogens is 304 g/mol. The Morgan fingerprint density at radius 3 is 3.05 bits per heavy atom. The monoisotopic (exact) mass is 320 g/mol. The number of alkyl halides is 1. The van der Waals surface area contributed by atoms with Crippen molar-refractivity contribution in [3.8, 4) is 0 Å². The van der Waals surface area contributed by atoms with Gasteiger partial charge in [0.05, 0.1) is 0 Å². The molecule has 1 saturated heterocycles. The summed E-state index contributed by atoms with van der Waals surface area (Å²) in [5.41, 5.74) is 1.60. The molecule has 3 rings (SSSR count). The number of nitrogens with zero attached hydrogens (tertiary/aromatic N) is 4. The highest BCUT2D eigenvalue weighted by Gasteiger charge is 2.20. The van der Waals surface area contributed by atoms with E-state index in [4.69, 9.17) is 0 Å². The third-order valence-corrected chi connectivity index (χ3v) is 4.14. The van der Waals surface area contributed by atoms with Crippen LogP contribution in [0, 0.1) is 5.92 Å². The Morgan fingerprint density at radius 2 is 2.16 bits per heavy atom. The zero-order valence-electron chi connectivity index (χ0n) is 10.8. The minimum atomic E-state index is 0.739. The summed E-state index contributed by atoms with van der Waals surface area (Å²) < 4.78 is 0. The quantitative estimate of drug-likeness (QED) is 0.815. The predicted molar refractivity (Wildman–Crippen MR) is 80.7 cm³/mol. The molecule has 1 aliphatic rings. The Balaban J connectivity index is 1.83. The van der Waals surface area contributed by atoms with E-state index in [-0.39, 0.29) is 0 Å². The van der Waals surface area contributed by atoms with Crippen molar-refractivity contribution in [2.45, 2.75) is 19.3 Å². The summed E-state index contributed by atoms with van der Waals surface area (Å²) in [5.74, 6) is 1.81. The van der Waals surface area contributed by atoms with Gasteiger partial charge in [0.2, 0.25) is 0 Å². The molecule has 2 aromatic heterocycles. The summed E-state index contributed by atoms with van der Waals surface area (Å²) in [5, 5.41) is 1.09. The molecule has 2 aromatic rings. The Kier molecular flexibility index (Phi) is 3.92. The van der Waals surface area contributed by atoms with E-state index in [1.807, 2.05) is 6.07 Å². The average Bonchev–Trinajstić information content (AvgIpc) is 2.47. The lowest BCUT2D eigenvalue weighted by molar-refractivity contribution is 0.406. The third-order valence-electron chi connectivity index (χ3n) is 3.68. The van der Waals surface area contributed by atoms with E-state index in [0.717, 1.165) is 41.3 Å². The van der Waals surface area contributed by atoms with Crippen LogP contribution < -0.4 is 4.90 Å². The van der Waals surface area contributed by atoms with Gasteiger partial charge >= 0.3 is 0 Å². The van der Waals surface area contributed by atoms with E-state index in [1.165, 1.54) is 19.3 Å². The number of hydrogen-bond donors (Lipinski definition) is 0. The molecule has 19 heavy (non-hydrogen) atoms. The van der Waals surface area contributed by atoms with Crippen LogP contribution in [0.5, 0.6) is 0 Å². The summed E-state index contributed by atoms with van der Waals surface area (Å²) in [6.45, 7) is 2.20. The first kappa shape index (κ1) is 12.8. The van der Waals surface area contributed by atoms with Gasteiger partial charge in [0.1, 0.15) is 11.3 Å². The molecule has 0 N–H and O–H groups in total. The molecule has 0 amide bonds. The summed E-state index contributed by atoms with van der Waals surface area (Å²) in [4.78, 5) is 15.6. The topological polar surface area (TPSA) is 41.9 Å². The van der Waals surface area contributed by atoms with Crippen molar-refractivity contribution < 1.29 is 0 Å². The third kappa shape index (κ3) is 2.86. The van der Waals surface area contributed by atoms with Crippen LogP contribution in [0.3, 0.4) is 0 Å². The first-order valence-electron chi connectivity index (χ1n) is 6.75. The Hall–Kier alpha value is -1.23. The Morgan fingerprint density at radius 1 is 1.26 bits per heavy atom. The summed E-state index contributed by atoms with van der Waals surface area (Å²) >= 11 is 3.54. The number of hydrogen-bond acceptors (Lipinski definition) is 4. The number of fused-ring (bicyclic) bond motifs is 1. The lowest BCUT2D eigenvalue weighted by atomic mass is 9.96. The molecule has 100 valence electrons. The number of anilines is 1. The number of aromatic nitrogens is 3. The highest BCUT2D eigenvalue weighted by atomic mass is 79.9. The van der Waals surface area contributed by atoms with Crippen molar-refractivity contribution >= 4 is 32.9 Å². The van der Waals surface area contributed by atoms with E-state index >= 15 is 0 Å². The zero-order valence-corrected chi connectivity index (χ0v) is 12.4. The van der Waals surface area contributed by atoms with Gasteiger partial charge in [-0.15, -0.1) is 0 Å². The second-order valence-electron chi connectivity index (χ2n) is 5.00. The second kappa shape index (κ2) is 5.82. The molecule has 0 radical (unpaired) electrons. The number of halogens is 1. The SMILES string of the molecule is BrCCC1CCCN(c2ccc3nccnc3n2)C1. The van der Waals surface area contributed by atoms with Gasteiger partial charge in [0.15, 0.2) is 5.65 Å². The molecule has 0 aromatic carbocycles. The van der Waals surface area contributed by atoms with Gasteiger partial charge in [-0.25, -0.2) is 9.97 Å². The molecule has 1 fully saturated rings. The van der Waals surface area contributed by atoms with Gasteiger partial charge in [-0.1, -0.05) is 15.9 Å². The molecule has 3 heterocycles. The molecule has 0 aliphatic carbocycles. The van der Waals surface area contributed by atoms with Gasteiger partial charge in [0.25, 0.3) is 0 Å². The Bertz CT molecular complexity index is 558. The maximum atomic E-state index is 4.63. The fraction of sp³-hybridized carbons (Fsp3) is 0.500. The predicted octanol–water partition coefficient (Wildman–Crippen LogP) is 3.03. The first-order valence-corrected chi connectivity index (χ1v) is 7.87. The van der Waals surface area contributed by atoms with Crippen LogP contribution >= 0.6 is 15.9 Å². The van der Waals surface area contributed by atoms with E-state index in [1.54, 1.807) is 12.4 Å². The van der Waals surface area contributed by atoms with E-state index in [9.17, 15) is 0 Å². The fourth-order valence-corrected chi connectivity index (χ4v) is 3.33. The van der Waals surface area contributed by atoms with Crippen LogP contribution in [0.25, 0.3) is 11.2 Å². The smallest absolute Gasteiger partial charge is 0.180 e. The Labute approximate surface area is 121 Å². The fourth-order valence-electron chi connectivity index (χ4n) is 2.68. The standard InChI is InChI=1S/C14H17BrN4/c15-6-5-11-2-1-9-19(10-11)13-4-3-12-14(18-13)17-8-7-16-12/h3-4,7-8,11H,1-2,5-6,9-10H2. The molecular formula is C14H17BrN4. The number of pyridine rings is 1. The molecule has 0 saturated carbocycles. The molecule has 1 unspecified atom stereocenters. The molecule has 0 spiro atoms. The molecule has 1 aliphatic heterocycles. The van der Waals surface area contributed by atoms with Gasteiger partial charge < -0.3 is 4.90 Å². The minimum Gasteiger partial charge on any atom is -0.356 e. The van der Waals surface area contributed by atoms with Gasteiger partial charge in [-0.3, -0.25) is 4.98 Å². The number of rotatable bonds is 3.